The minimum Gasteiger partial charge on any atom is -0.497 e. The normalized spacial score (nSPS) is 12.5. The van der Waals surface area contributed by atoms with Crippen LogP contribution < -0.4 is 15.8 Å². The lowest BCUT2D eigenvalue weighted by molar-refractivity contribution is 0.414. The molecule has 0 heterocycles. The standard InChI is InChI=1S/C12H20N2O/c1-14-12(4-3-9-13)10-5-7-11(15-2)8-6-10/h5-8,12,14H,3-4,9,13H2,1-2H3. The van der Waals surface area contributed by atoms with E-state index in [2.05, 4.69) is 17.4 Å². The van der Waals surface area contributed by atoms with E-state index in [0.29, 0.717) is 6.04 Å². The average molecular weight is 208 g/mol. The van der Waals surface area contributed by atoms with Gasteiger partial charge in [0.05, 0.1) is 7.11 Å². The Balaban J connectivity index is 2.65. The summed E-state index contributed by atoms with van der Waals surface area (Å²) in [5.74, 6) is 0.896. The molecule has 0 saturated heterocycles. The van der Waals surface area contributed by atoms with Gasteiger partial charge in [-0.3, -0.25) is 0 Å². The van der Waals surface area contributed by atoms with Gasteiger partial charge in [-0.25, -0.2) is 0 Å². The van der Waals surface area contributed by atoms with Crippen molar-refractivity contribution < 1.29 is 4.74 Å². The first-order valence-electron chi connectivity index (χ1n) is 5.33. The van der Waals surface area contributed by atoms with Crippen molar-refractivity contribution in [1.29, 1.82) is 0 Å². The van der Waals surface area contributed by atoms with Crippen molar-refractivity contribution in [3.63, 3.8) is 0 Å². The van der Waals surface area contributed by atoms with Crippen LogP contribution in [0.5, 0.6) is 5.75 Å². The van der Waals surface area contributed by atoms with E-state index in [1.54, 1.807) is 7.11 Å². The number of methoxy groups -OCH3 is 1. The lowest BCUT2D eigenvalue weighted by Crippen LogP contribution is -2.17. The Bertz CT molecular complexity index is 271. The van der Waals surface area contributed by atoms with Crippen LogP contribution in [0.2, 0.25) is 0 Å². The summed E-state index contributed by atoms with van der Waals surface area (Å²) in [7, 11) is 3.66. The van der Waals surface area contributed by atoms with E-state index in [1.165, 1.54) is 5.56 Å². The minimum atomic E-state index is 0.388. The molecule has 1 atom stereocenters. The first-order chi connectivity index (χ1) is 7.31. The summed E-state index contributed by atoms with van der Waals surface area (Å²) in [5.41, 5.74) is 6.79. The van der Waals surface area contributed by atoms with Crippen molar-refractivity contribution in [3.05, 3.63) is 29.8 Å². The molecule has 0 amide bonds. The summed E-state index contributed by atoms with van der Waals surface area (Å²) in [6.45, 7) is 0.744. The Morgan fingerprint density at radius 1 is 1.33 bits per heavy atom. The van der Waals surface area contributed by atoms with Crippen molar-refractivity contribution >= 4 is 0 Å². The Hall–Kier alpha value is -1.06. The van der Waals surface area contributed by atoms with E-state index in [9.17, 15) is 0 Å². The van der Waals surface area contributed by atoms with Crippen molar-refractivity contribution in [3.8, 4) is 5.75 Å². The summed E-state index contributed by atoms with van der Waals surface area (Å²) in [6.07, 6.45) is 2.11. The Morgan fingerprint density at radius 2 is 2.00 bits per heavy atom. The largest absolute Gasteiger partial charge is 0.497 e. The van der Waals surface area contributed by atoms with Crippen LogP contribution in [0.4, 0.5) is 0 Å². The molecule has 0 spiro atoms. The van der Waals surface area contributed by atoms with Gasteiger partial charge in [-0.1, -0.05) is 12.1 Å². The number of ether oxygens (including phenoxy) is 1. The number of nitrogens with one attached hydrogen (secondary N) is 1. The second kappa shape index (κ2) is 6.43. The number of hydrogen-bond acceptors (Lipinski definition) is 3. The first kappa shape index (κ1) is 12.0. The SMILES string of the molecule is CNC(CCCN)c1ccc(OC)cc1. The van der Waals surface area contributed by atoms with Gasteiger partial charge < -0.3 is 15.8 Å². The van der Waals surface area contributed by atoms with E-state index in [1.807, 2.05) is 19.2 Å². The summed E-state index contributed by atoms with van der Waals surface area (Å²) in [5, 5.41) is 3.29. The van der Waals surface area contributed by atoms with Crippen molar-refractivity contribution in [2.24, 2.45) is 5.73 Å². The molecule has 0 radical (unpaired) electrons. The van der Waals surface area contributed by atoms with E-state index in [-0.39, 0.29) is 0 Å². The molecule has 3 N–H and O–H groups in total. The fourth-order valence-corrected chi connectivity index (χ4v) is 1.64. The minimum absolute atomic E-state index is 0.388. The van der Waals surface area contributed by atoms with Crippen LogP contribution in [0.1, 0.15) is 24.4 Å². The van der Waals surface area contributed by atoms with Crippen LogP contribution in [0.3, 0.4) is 0 Å². The maximum atomic E-state index is 5.51. The molecule has 0 fully saturated rings. The van der Waals surface area contributed by atoms with Gasteiger partial charge in [0, 0.05) is 6.04 Å². The molecule has 3 heteroatoms. The highest BCUT2D eigenvalue weighted by Crippen LogP contribution is 2.20. The van der Waals surface area contributed by atoms with E-state index >= 15 is 0 Å². The Labute approximate surface area is 91.6 Å². The van der Waals surface area contributed by atoms with Crippen LogP contribution >= 0.6 is 0 Å². The zero-order valence-corrected chi connectivity index (χ0v) is 9.49. The second-order valence-corrected chi connectivity index (χ2v) is 3.55. The van der Waals surface area contributed by atoms with E-state index in [0.717, 1.165) is 25.1 Å². The van der Waals surface area contributed by atoms with Crippen molar-refractivity contribution in [2.75, 3.05) is 20.7 Å². The highest BCUT2D eigenvalue weighted by atomic mass is 16.5. The fraction of sp³-hybridized carbons (Fsp3) is 0.500. The van der Waals surface area contributed by atoms with Gasteiger partial charge in [0.2, 0.25) is 0 Å². The molecule has 0 aliphatic rings. The third-order valence-electron chi connectivity index (χ3n) is 2.56. The van der Waals surface area contributed by atoms with E-state index < -0.39 is 0 Å². The topological polar surface area (TPSA) is 47.3 Å². The summed E-state index contributed by atoms with van der Waals surface area (Å²) < 4.78 is 5.12. The zero-order valence-electron chi connectivity index (χ0n) is 9.49. The third kappa shape index (κ3) is 3.53. The summed E-state index contributed by atoms with van der Waals surface area (Å²) in [4.78, 5) is 0. The lowest BCUT2D eigenvalue weighted by atomic mass is 10.0. The van der Waals surface area contributed by atoms with Crippen LogP contribution in [-0.4, -0.2) is 20.7 Å². The van der Waals surface area contributed by atoms with Gasteiger partial charge in [0.15, 0.2) is 0 Å². The monoisotopic (exact) mass is 208 g/mol. The van der Waals surface area contributed by atoms with Crippen molar-refractivity contribution in [2.45, 2.75) is 18.9 Å². The Morgan fingerprint density at radius 3 is 2.47 bits per heavy atom. The quantitative estimate of drug-likeness (QED) is 0.748. The van der Waals surface area contributed by atoms with Crippen molar-refractivity contribution in [1.82, 2.24) is 5.32 Å². The molecule has 1 aromatic rings. The number of rotatable bonds is 6. The smallest absolute Gasteiger partial charge is 0.118 e. The van der Waals surface area contributed by atoms with Crippen LogP contribution in [-0.2, 0) is 0 Å². The highest BCUT2D eigenvalue weighted by molar-refractivity contribution is 5.29. The second-order valence-electron chi connectivity index (χ2n) is 3.55. The van der Waals surface area contributed by atoms with Crippen LogP contribution in [0.25, 0.3) is 0 Å². The molecule has 0 aliphatic carbocycles. The lowest BCUT2D eigenvalue weighted by Gasteiger charge is -2.16. The molecule has 0 aromatic heterocycles. The molecule has 1 unspecified atom stereocenters. The predicted octanol–water partition coefficient (Wildman–Crippen LogP) is 1.69. The molecule has 0 bridgehead atoms. The first-order valence-corrected chi connectivity index (χ1v) is 5.33. The number of nitrogens with two attached hydrogens (primary N) is 1. The van der Waals surface area contributed by atoms with Gasteiger partial charge in [-0.05, 0) is 44.1 Å². The summed E-state index contributed by atoms with van der Waals surface area (Å²) in [6, 6.07) is 8.55. The van der Waals surface area contributed by atoms with Gasteiger partial charge >= 0.3 is 0 Å². The van der Waals surface area contributed by atoms with Crippen LogP contribution in [0, 0.1) is 0 Å². The van der Waals surface area contributed by atoms with E-state index in [4.69, 9.17) is 10.5 Å². The number of hydrogen-bond donors (Lipinski definition) is 2. The zero-order chi connectivity index (χ0) is 11.1. The molecule has 1 aromatic carbocycles. The average Bonchev–Trinajstić information content (AvgIpc) is 2.31. The molecule has 84 valence electrons. The maximum Gasteiger partial charge on any atom is 0.118 e. The Kier molecular flexibility index (Phi) is 5.15. The van der Waals surface area contributed by atoms with Gasteiger partial charge in [-0.15, -0.1) is 0 Å². The highest BCUT2D eigenvalue weighted by Gasteiger charge is 2.07. The fourth-order valence-electron chi connectivity index (χ4n) is 1.64. The van der Waals surface area contributed by atoms with Gasteiger partial charge in [0.25, 0.3) is 0 Å². The summed E-state index contributed by atoms with van der Waals surface area (Å²) >= 11 is 0. The molecule has 1 rings (SSSR count). The molecule has 3 nitrogen and oxygen atoms in total. The van der Waals surface area contributed by atoms with Crippen LogP contribution in [0.15, 0.2) is 24.3 Å². The van der Waals surface area contributed by atoms with Gasteiger partial charge in [-0.2, -0.15) is 0 Å². The molecule has 15 heavy (non-hydrogen) atoms. The van der Waals surface area contributed by atoms with Gasteiger partial charge in [0.1, 0.15) is 5.75 Å². The molecular formula is C12H20N2O. The maximum absolute atomic E-state index is 5.51. The number of benzene rings is 1. The predicted molar refractivity (Wildman–Crippen MR) is 63.1 cm³/mol. The molecule has 0 aliphatic heterocycles. The third-order valence-corrected chi connectivity index (χ3v) is 2.56. The molecule has 0 saturated carbocycles. The molecular weight excluding hydrogens is 188 g/mol.